The van der Waals surface area contributed by atoms with Crippen molar-refractivity contribution < 1.29 is 20.2 Å². The normalized spacial score (nSPS) is 11.3. The topological polar surface area (TPSA) is 119 Å². The minimum Gasteiger partial charge on any atom is -0.507 e. The second-order valence-electron chi connectivity index (χ2n) is 3.90. The summed E-state index contributed by atoms with van der Waals surface area (Å²) in [4.78, 5) is 13.6. The Balaban J connectivity index is 2.90. The molecule has 0 aromatic heterocycles. The number of hydrogen-bond acceptors (Lipinski definition) is 5. The molecule has 1 rings (SSSR count). The summed E-state index contributed by atoms with van der Waals surface area (Å²) in [7, 11) is 0. The van der Waals surface area contributed by atoms with Gasteiger partial charge in [0.25, 0.3) is 5.91 Å². The number of carbonyl (C=O) groups excluding carboxylic acids is 1. The molecule has 104 valence electrons. The first-order chi connectivity index (χ1) is 9.01. The maximum atomic E-state index is 12.2. The first kappa shape index (κ1) is 14.6. The number of hydrogen-bond donors (Lipinski definition) is 4. The lowest BCUT2D eigenvalue weighted by molar-refractivity contribution is 0.0762. The minimum absolute atomic E-state index is 0.00718. The average molecular weight is 267 g/mol. The fourth-order valence-corrected chi connectivity index (χ4v) is 1.61. The highest BCUT2D eigenvalue weighted by atomic mass is 16.4. The van der Waals surface area contributed by atoms with Crippen LogP contribution in [0, 0.1) is 0 Å². The SMILES string of the molecule is CCN(CC/C(N)=N/O)C(=O)c1c(O)cccc1O. The lowest BCUT2D eigenvalue weighted by Crippen LogP contribution is -2.34. The Hall–Kier alpha value is -2.44. The smallest absolute Gasteiger partial charge is 0.261 e. The molecule has 0 unspecified atom stereocenters. The molecule has 0 radical (unpaired) electrons. The van der Waals surface area contributed by atoms with Crippen LogP contribution in [0.25, 0.3) is 0 Å². The van der Waals surface area contributed by atoms with Gasteiger partial charge in [0, 0.05) is 19.5 Å². The van der Waals surface area contributed by atoms with E-state index < -0.39 is 5.91 Å². The molecule has 7 nitrogen and oxygen atoms in total. The van der Waals surface area contributed by atoms with Crippen LogP contribution in [0.15, 0.2) is 23.4 Å². The third kappa shape index (κ3) is 3.51. The summed E-state index contributed by atoms with van der Waals surface area (Å²) in [5, 5.41) is 30.5. The van der Waals surface area contributed by atoms with Crippen LogP contribution in [-0.2, 0) is 0 Å². The molecule has 0 atom stereocenters. The number of benzene rings is 1. The first-order valence-electron chi connectivity index (χ1n) is 5.77. The van der Waals surface area contributed by atoms with Crippen LogP contribution in [-0.4, -0.2) is 45.2 Å². The largest absolute Gasteiger partial charge is 0.507 e. The number of rotatable bonds is 5. The van der Waals surface area contributed by atoms with Gasteiger partial charge in [0.2, 0.25) is 0 Å². The van der Waals surface area contributed by atoms with Gasteiger partial charge in [-0.3, -0.25) is 4.79 Å². The predicted octanol–water partition coefficient (Wildman–Crippen LogP) is 0.696. The van der Waals surface area contributed by atoms with E-state index in [9.17, 15) is 15.0 Å². The molecule has 0 bridgehead atoms. The van der Waals surface area contributed by atoms with E-state index in [1.54, 1.807) is 6.92 Å². The standard InChI is InChI=1S/C12H17N3O4/c1-2-15(7-6-10(13)14-19)12(18)11-8(16)4-3-5-9(11)17/h3-5,16-17,19H,2,6-7H2,1H3,(H2,13,14). The van der Waals surface area contributed by atoms with Crippen molar-refractivity contribution in [2.24, 2.45) is 10.9 Å². The van der Waals surface area contributed by atoms with Gasteiger partial charge in [-0.05, 0) is 19.1 Å². The Kier molecular flexibility index (Phi) is 4.99. The zero-order valence-corrected chi connectivity index (χ0v) is 10.6. The van der Waals surface area contributed by atoms with Crippen molar-refractivity contribution in [1.82, 2.24) is 4.90 Å². The fourth-order valence-electron chi connectivity index (χ4n) is 1.61. The van der Waals surface area contributed by atoms with E-state index in [-0.39, 0.29) is 35.9 Å². The molecule has 1 aromatic rings. The van der Waals surface area contributed by atoms with Crippen LogP contribution < -0.4 is 5.73 Å². The van der Waals surface area contributed by atoms with Gasteiger partial charge in [-0.1, -0.05) is 11.2 Å². The molecule has 0 aliphatic carbocycles. The number of amidine groups is 1. The number of phenolic OH excluding ortho intramolecular Hbond substituents is 2. The van der Waals surface area contributed by atoms with Crippen molar-refractivity contribution in [3.8, 4) is 11.5 Å². The van der Waals surface area contributed by atoms with E-state index >= 15 is 0 Å². The molecule has 0 spiro atoms. The van der Waals surface area contributed by atoms with Crippen molar-refractivity contribution in [3.05, 3.63) is 23.8 Å². The second-order valence-corrected chi connectivity index (χ2v) is 3.90. The van der Waals surface area contributed by atoms with Crippen LogP contribution in [0.5, 0.6) is 11.5 Å². The van der Waals surface area contributed by atoms with Crippen molar-refractivity contribution >= 4 is 11.7 Å². The number of aromatic hydroxyl groups is 2. The Morgan fingerprint density at radius 2 is 1.95 bits per heavy atom. The van der Waals surface area contributed by atoms with Crippen LogP contribution in [0.3, 0.4) is 0 Å². The quantitative estimate of drug-likeness (QED) is 0.271. The highest BCUT2D eigenvalue weighted by molar-refractivity contribution is 5.99. The van der Waals surface area contributed by atoms with Gasteiger partial charge in [0.05, 0.1) is 0 Å². The van der Waals surface area contributed by atoms with E-state index in [2.05, 4.69) is 5.16 Å². The first-order valence-corrected chi connectivity index (χ1v) is 5.77. The Morgan fingerprint density at radius 1 is 1.37 bits per heavy atom. The summed E-state index contributed by atoms with van der Waals surface area (Å²) in [5.74, 6) is -1.07. The number of amides is 1. The number of oxime groups is 1. The monoisotopic (exact) mass is 267 g/mol. The molecular formula is C12H17N3O4. The maximum absolute atomic E-state index is 12.2. The second kappa shape index (κ2) is 6.48. The molecule has 1 aromatic carbocycles. The Bertz CT molecular complexity index is 468. The summed E-state index contributed by atoms with van der Waals surface area (Å²) in [6.45, 7) is 2.34. The molecule has 5 N–H and O–H groups in total. The molecule has 0 heterocycles. The number of carbonyl (C=O) groups is 1. The number of nitrogens with two attached hydrogens (primary N) is 1. The van der Waals surface area contributed by atoms with Gasteiger partial charge in [-0.15, -0.1) is 0 Å². The Labute approximate surface area is 110 Å². The highest BCUT2D eigenvalue weighted by Gasteiger charge is 2.21. The summed E-state index contributed by atoms with van der Waals surface area (Å²) in [6.07, 6.45) is 0.199. The molecule has 0 aliphatic heterocycles. The van der Waals surface area contributed by atoms with E-state index in [1.165, 1.54) is 23.1 Å². The molecule has 0 saturated heterocycles. The van der Waals surface area contributed by atoms with E-state index in [0.29, 0.717) is 6.54 Å². The van der Waals surface area contributed by atoms with Crippen LogP contribution in [0.1, 0.15) is 23.7 Å². The van der Waals surface area contributed by atoms with Gasteiger partial charge in [0.15, 0.2) is 0 Å². The number of phenols is 2. The zero-order valence-electron chi connectivity index (χ0n) is 10.6. The van der Waals surface area contributed by atoms with E-state index in [1.807, 2.05) is 0 Å². The van der Waals surface area contributed by atoms with Crippen LogP contribution in [0.4, 0.5) is 0 Å². The van der Waals surface area contributed by atoms with Crippen molar-refractivity contribution in [2.75, 3.05) is 13.1 Å². The highest BCUT2D eigenvalue weighted by Crippen LogP contribution is 2.27. The summed E-state index contributed by atoms with van der Waals surface area (Å²) in [5.41, 5.74) is 5.19. The molecule has 7 heteroatoms. The molecule has 0 saturated carbocycles. The maximum Gasteiger partial charge on any atom is 0.261 e. The third-order valence-electron chi connectivity index (χ3n) is 2.67. The summed E-state index contributed by atoms with van der Waals surface area (Å²) < 4.78 is 0. The average Bonchev–Trinajstić information content (AvgIpc) is 2.38. The van der Waals surface area contributed by atoms with Gasteiger partial charge in [-0.25, -0.2) is 0 Å². The third-order valence-corrected chi connectivity index (χ3v) is 2.67. The van der Waals surface area contributed by atoms with Crippen molar-refractivity contribution in [1.29, 1.82) is 0 Å². The van der Waals surface area contributed by atoms with Crippen molar-refractivity contribution in [2.45, 2.75) is 13.3 Å². The van der Waals surface area contributed by atoms with E-state index in [4.69, 9.17) is 10.9 Å². The molecular weight excluding hydrogens is 250 g/mol. The predicted molar refractivity (Wildman–Crippen MR) is 69.4 cm³/mol. The summed E-state index contributed by atoms with van der Waals surface area (Å²) >= 11 is 0. The van der Waals surface area contributed by atoms with Gasteiger partial charge in [-0.2, -0.15) is 0 Å². The van der Waals surface area contributed by atoms with Gasteiger partial charge >= 0.3 is 0 Å². The van der Waals surface area contributed by atoms with Gasteiger partial charge in [0.1, 0.15) is 22.9 Å². The zero-order chi connectivity index (χ0) is 14.4. The van der Waals surface area contributed by atoms with E-state index in [0.717, 1.165) is 0 Å². The Morgan fingerprint density at radius 3 is 2.42 bits per heavy atom. The van der Waals surface area contributed by atoms with Gasteiger partial charge < -0.3 is 26.1 Å². The fraction of sp³-hybridized carbons (Fsp3) is 0.333. The lowest BCUT2D eigenvalue weighted by Gasteiger charge is -2.21. The lowest BCUT2D eigenvalue weighted by atomic mass is 10.1. The van der Waals surface area contributed by atoms with Crippen LogP contribution >= 0.6 is 0 Å². The minimum atomic E-state index is -0.510. The molecule has 0 fully saturated rings. The molecule has 0 aliphatic rings. The van der Waals surface area contributed by atoms with Crippen molar-refractivity contribution in [3.63, 3.8) is 0 Å². The molecule has 1 amide bonds. The summed E-state index contributed by atoms with van der Waals surface area (Å²) in [6, 6.07) is 4.09. The van der Waals surface area contributed by atoms with Crippen LogP contribution in [0.2, 0.25) is 0 Å². The molecule has 19 heavy (non-hydrogen) atoms. The number of nitrogens with zero attached hydrogens (tertiary/aromatic N) is 2.